The van der Waals surface area contributed by atoms with Crippen LogP contribution in [0.2, 0.25) is 0 Å². The summed E-state index contributed by atoms with van der Waals surface area (Å²) in [6.45, 7) is 6.16. The molecule has 0 aliphatic rings. The van der Waals surface area contributed by atoms with E-state index in [4.69, 9.17) is 0 Å². The van der Waals surface area contributed by atoms with Crippen LogP contribution in [0.5, 0.6) is 0 Å². The number of pyridine rings is 1. The third kappa shape index (κ3) is 3.85. The Morgan fingerprint density at radius 2 is 2.10 bits per heavy atom. The lowest BCUT2D eigenvalue weighted by molar-refractivity contribution is 0.189. The molecule has 0 aliphatic heterocycles. The maximum Gasteiger partial charge on any atom is 0.142 e. The molecule has 0 aromatic carbocycles. The van der Waals surface area contributed by atoms with E-state index in [2.05, 4.69) is 53.5 Å². The minimum Gasteiger partial charge on any atom is -0.309 e. The predicted octanol–water partition coefficient (Wildman–Crippen LogP) is 2.63. The van der Waals surface area contributed by atoms with Gasteiger partial charge in [0, 0.05) is 30.2 Å². The maximum absolute atomic E-state index is 4.62. The van der Waals surface area contributed by atoms with Crippen LogP contribution >= 0.6 is 11.3 Å². The SMILES string of the molecule is CN(C)C(C)(C)CNCc1csc(-c2ccccn2)n1. The van der Waals surface area contributed by atoms with Crippen molar-refractivity contribution in [3.63, 3.8) is 0 Å². The van der Waals surface area contributed by atoms with E-state index in [0.717, 1.165) is 29.5 Å². The van der Waals surface area contributed by atoms with E-state index in [1.807, 2.05) is 18.2 Å². The summed E-state index contributed by atoms with van der Waals surface area (Å²) in [5.74, 6) is 0. The van der Waals surface area contributed by atoms with Crippen molar-refractivity contribution in [3.8, 4) is 10.7 Å². The quantitative estimate of drug-likeness (QED) is 0.888. The summed E-state index contributed by atoms with van der Waals surface area (Å²) < 4.78 is 0. The van der Waals surface area contributed by atoms with E-state index in [1.54, 1.807) is 17.5 Å². The number of thiazole rings is 1. The van der Waals surface area contributed by atoms with Crippen molar-refractivity contribution in [2.75, 3.05) is 20.6 Å². The monoisotopic (exact) mass is 290 g/mol. The summed E-state index contributed by atoms with van der Waals surface area (Å²) in [4.78, 5) is 11.2. The van der Waals surface area contributed by atoms with Crippen LogP contribution in [-0.2, 0) is 6.54 Å². The van der Waals surface area contributed by atoms with Crippen LogP contribution in [0.1, 0.15) is 19.5 Å². The zero-order valence-corrected chi connectivity index (χ0v) is 13.4. The number of likely N-dealkylation sites (N-methyl/N-ethyl adjacent to an activating group) is 1. The van der Waals surface area contributed by atoms with Gasteiger partial charge in [0.1, 0.15) is 5.01 Å². The number of nitrogens with zero attached hydrogens (tertiary/aromatic N) is 3. The third-order valence-corrected chi connectivity index (χ3v) is 4.42. The van der Waals surface area contributed by atoms with Crippen LogP contribution in [0.3, 0.4) is 0 Å². The molecule has 0 spiro atoms. The van der Waals surface area contributed by atoms with E-state index in [9.17, 15) is 0 Å². The average molecular weight is 290 g/mol. The van der Waals surface area contributed by atoms with E-state index >= 15 is 0 Å². The van der Waals surface area contributed by atoms with Gasteiger partial charge in [-0.2, -0.15) is 0 Å². The lowest BCUT2D eigenvalue weighted by atomic mass is 10.0. The van der Waals surface area contributed by atoms with Crippen molar-refractivity contribution in [1.82, 2.24) is 20.2 Å². The van der Waals surface area contributed by atoms with E-state index < -0.39 is 0 Å². The van der Waals surface area contributed by atoms with Crippen molar-refractivity contribution < 1.29 is 0 Å². The highest BCUT2D eigenvalue weighted by atomic mass is 32.1. The largest absolute Gasteiger partial charge is 0.309 e. The number of hydrogen-bond donors (Lipinski definition) is 1. The number of hydrogen-bond acceptors (Lipinski definition) is 5. The predicted molar refractivity (Wildman–Crippen MR) is 84.8 cm³/mol. The molecule has 0 unspecified atom stereocenters. The Balaban J connectivity index is 1.91. The van der Waals surface area contributed by atoms with Crippen molar-refractivity contribution in [2.45, 2.75) is 25.9 Å². The topological polar surface area (TPSA) is 41.0 Å². The molecule has 0 fully saturated rings. The summed E-state index contributed by atoms with van der Waals surface area (Å²) in [6.07, 6.45) is 1.80. The van der Waals surface area contributed by atoms with Gasteiger partial charge in [0.2, 0.25) is 0 Å². The van der Waals surface area contributed by atoms with Gasteiger partial charge < -0.3 is 10.2 Å². The Kier molecular flexibility index (Phi) is 4.86. The minimum absolute atomic E-state index is 0.139. The van der Waals surface area contributed by atoms with Crippen molar-refractivity contribution >= 4 is 11.3 Å². The van der Waals surface area contributed by atoms with Gasteiger partial charge in [0.25, 0.3) is 0 Å². The highest BCUT2D eigenvalue weighted by molar-refractivity contribution is 7.13. The molecule has 2 heterocycles. The molecule has 2 rings (SSSR count). The fourth-order valence-corrected chi connectivity index (χ4v) is 2.44. The van der Waals surface area contributed by atoms with Crippen LogP contribution in [-0.4, -0.2) is 41.0 Å². The van der Waals surface area contributed by atoms with E-state index in [1.165, 1.54) is 0 Å². The molecular formula is C15H22N4S. The molecule has 0 saturated heterocycles. The van der Waals surface area contributed by atoms with E-state index in [0.29, 0.717) is 0 Å². The Morgan fingerprint density at radius 1 is 1.30 bits per heavy atom. The molecule has 0 bridgehead atoms. The third-order valence-electron chi connectivity index (χ3n) is 3.51. The second kappa shape index (κ2) is 6.43. The summed E-state index contributed by atoms with van der Waals surface area (Å²) in [5, 5.41) is 6.55. The second-order valence-corrected chi connectivity index (χ2v) is 6.53. The molecule has 0 atom stereocenters. The second-order valence-electron chi connectivity index (χ2n) is 5.67. The van der Waals surface area contributed by atoms with Crippen molar-refractivity contribution in [1.29, 1.82) is 0 Å². The van der Waals surface area contributed by atoms with Crippen molar-refractivity contribution in [2.24, 2.45) is 0 Å². The number of rotatable bonds is 6. The van der Waals surface area contributed by atoms with Crippen molar-refractivity contribution in [3.05, 3.63) is 35.5 Å². The lowest BCUT2D eigenvalue weighted by Gasteiger charge is -2.32. The molecule has 1 N–H and O–H groups in total. The summed E-state index contributed by atoms with van der Waals surface area (Å²) >= 11 is 1.64. The van der Waals surface area contributed by atoms with Gasteiger partial charge in [-0.15, -0.1) is 11.3 Å². The first-order chi connectivity index (χ1) is 9.49. The summed E-state index contributed by atoms with van der Waals surface area (Å²) in [6, 6.07) is 5.90. The average Bonchev–Trinajstić information content (AvgIpc) is 2.88. The van der Waals surface area contributed by atoms with Gasteiger partial charge >= 0.3 is 0 Å². The molecule has 0 saturated carbocycles. The fraction of sp³-hybridized carbons (Fsp3) is 0.467. The van der Waals surface area contributed by atoms with Crippen LogP contribution in [0.15, 0.2) is 29.8 Å². The molecule has 4 nitrogen and oxygen atoms in total. The van der Waals surface area contributed by atoms with Crippen LogP contribution in [0, 0.1) is 0 Å². The molecule has 2 aromatic heterocycles. The molecule has 0 aliphatic carbocycles. The first-order valence-electron chi connectivity index (χ1n) is 6.73. The number of aromatic nitrogens is 2. The highest BCUT2D eigenvalue weighted by Crippen LogP contribution is 2.21. The molecule has 5 heteroatoms. The minimum atomic E-state index is 0.139. The summed E-state index contributed by atoms with van der Waals surface area (Å²) in [7, 11) is 4.20. The van der Waals surface area contributed by atoms with Gasteiger partial charge in [-0.1, -0.05) is 6.07 Å². The van der Waals surface area contributed by atoms with Crippen LogP contribution in [0.25, 0.3) is 10.7 Å². The number of nitrogens with one attached hydrogen (secondary N) is 1. The fourth-order valence-electron chi connectivity index (χ4n) is 1.65. The summed E-state index contributed by atoms with van der Waals surface area (Å²) in [5.41, 5.74) is 2.16. The Labute approximate surface area is 124 Å². The zero-order chi connectivity index (χ0) is 14.6. The van der Waals surface area contributed by atoms with Gasteiger partial charge in [-0.3, -0.25) is 4.98 Å². The zero-order valence-electron chi connectivity index (χ0n) is 12.6. The maximum atomic E-state index is 4.62. The first-order valence-corrected chi connectivity index (χ1v) is 7.61. The highest BCUT2D eigenvalue weighted by Gasteiger charge is 2.19. The van der Waals surface area contributed by atoms with E-state index in [-0.39, 0.29) is 5.54 Å². The van der Waals surface area contributed by atoms with Gasteiger partial charge in [0.05, 0.1) is 11.4 Å². The lowest BCUT2D eigenvalue weighted by Crippen LogP contribution is -2.46. The molecular weight excluding hydrogens is 268 g/mol. The standard InChI is InChI=1S/C15H22N4S/c1-15(2,19(3)4)11-16-9-12-10-20-14(18-12)13-7-5-6-8-17-13/h5-8,10,16H,9,11H2,1-4H3. The molecule has 0 amide bonds. The smallest absolute Gasteiger partial charge is 0.142 e. The Bertz CT molecular complexity index is 534. The molecule has 2 aromatic rings. The van der Waals surface area contributed by atoms with Gasteiger partial charge in [0.15, 0.2) is 0 Å². The van der Waals surface area contributed by atoms with Gasteiger partial charge in [-0.05, 0) is 40.1 Å². The van der Waals surface area contributed by atoms with Gasteiger partial charge in [-0.25, -0.2) is 4.98 Å². The van der Waals surface area contributed by atoms with Crippen LogP contribution in [0.4, 0.5) is 0 Å². The van der Waals surface area contributed by atoms with Crippen LogP contribution < -0.4 is 5.32 Å². The molecule has 20 heavy (non-hydrogen) atoms. The normalized spacial score (nSPS) is 12.1. The molecule has 0 radical (unpaired) electrons. The Morgan fingerprint density at radius 3 is 2.75 bits per heavy atom. The molecule has 108 valence electrons. The Hall–Kier alpha value is -1.30. The first kappa shape index (κ1) is 15.1.